The molecule has 0 bridgehead atoms. The molecule has 0 amide bonds. The Labute approximate surface area is 53.4 Å². The van der Waals surface area contributed by atoms with Gasteiger partial charge in [-0.15, -0.1) is 18.2 Å². The summed E-state index contributed by atoms with van der Waals surface area (Å²) in [4.78, 5) is 0. The van der Waals surface area contributed by atoms with Crippen LogP contribution in [0, 0.1) is 0 Å². The number of rotatable bonds is 3. The summed E-state index contributed by atoms with van der Waals surface area (Å²) in [6.07, 6.45) is -0.533. The van der Waals surface area contributed by atoms with Crippen molar-refractivity contribution in [1.29, 1.82) is 0 Å². The summed E-state index contributed by atoms with van der Waals surface area (Å²) < 4.78 is 0. The monoisotopic (exact) mass is 136 g/mol. The minimum atomic E-state index is -0.896. The Kier molecular flexibility index (Phi) is 3.87. The Hall–Kier alpha value is -0.0500. The first-order chi connectivity index (χ1) is 3.72. The Morgan fingerprint density at radius 1 is 1.62 bits per heavy atom. The second-order valence-corrected chi connectivity index (χ2v) is 1.76. The summed E-state index contributed by atoms with van der Waals surface area (Å²) in [6, 6.07) is 0. The molecule has 0 saturated heterocycles. The van der Waals surface area contributed by atoms with E-state index in [-0.39, 0.29) is 5.88 Å². The van der Waals surface area contributed by atoms with Gasteiger partial charge in [-0.25, -0.2) is 0 Å². The molecule has 3 heteroatoms. The van der Waals surface area contributed by atoms with Gasteiger partial charge in [0.1, 0.15) is 0 Å². The second kappa shape index (κ2) is 3.89. The highest BCUT2D eigenvalue weighted by molar-refractivity contribution is 6.18. The molecule has 2 nitrogen and oxygen atoms in total. The van der Waals surface area contributed by atoms with Gasteiger partial charge in [-0.05, 0) is 0 Å². The first-order valence-corrected chi connectivity index (χ1v) is 2.80. The number of aliphatic hydroxyl groups excluding tert-OH is 2. The van der Waals surface area contributed by atoms with E-state index in [1.807, 2.05) is 0 Å². The van der Waals surface area contributed by atoms with Gasteiger partial charge >= 0.3 is 0 Å². The summed E-state index contributed by atoms with van der Waals surface area (Å²) >= 11 is 5.17. The molecule has 0 fully saturated rings. The Morgan fingerprint density at radius 2 is 2.12 bits per heavy atom. The van der Waals surface area contributed by atoms with Crippen LogP contribution in [0.3, 0.4) is 0 Å². The van der Waals surface area contributed by atoms with Crippen LogP contribution in [0.4, 0.5) is 0 Å². The highest BCUT2D eigenvalue weighted by Crippen LogP contribution is 1.95. The lowest BCUT2D eigenvalue weighted by Gasteiger charge is -2.08. The van der Waals surface area contributed by atoms with E-state index in [0.29, 0.717) is 0 Å². The molecule has 0 aromatic heterocycles. The molecule has 0 heterocycles. The topological polar surface area (TPSA) is 40.5 Å². The van der Waals surface area contributed by atoms with Crippen molar-refractivity contribution in [3.8, 4) is 0 Å². The summed E-state index contributed by atoms with van der Waals surface area (Å²) in [5, 5.41) is 17.3. The number of halogens is 1. The van der Waals surface area contributed by atoms with Crippen LogP contribution in [-0.2, 0) is 0 Å². The summed E-state index contributed by atoms with van der Waals surface area (Å²) in [5.74, 6) is 0.0349. The summed E-state index contributed by atoms with van der Waals surface area (Å²) in [7, 11) is 0. The zero-order valence-corrected chi connectivity index (χ0v) is 5.17. The molecule has 2 N–H and O–H groups in total. The van der Waals surface area contributed by atoms with Gasteiger partial charge in [-0.1, -0.05) is 6.08 Å². The fourth-order valence-corrected chi connectivity index (χ4v) is 0.431. The quantitative estimate of drug-likeness (QED) is 0.428. The minimum Gasteiger partial charge on any atom is -0.389 e. The third-order valence-electron chi connectivity index (χ3n) is 0.794. The van der Waals surface area contributed by atoms with Crippen LogP contribution in [0.15, 0.2) is 12.7 Å². The predicted octanol–water partition coefficient (Wildman–Crippen LogP) is 0.133. The average molecular weight is 137 g/mol. The minimum absolute atomic E-state index is 0.0349. The van der Waals surface area contributed by atoms with Crippen molar-refractivity contribution in [2.45, 2.75) is 12.2 Å². The van der Waals surface area contributed by atoms with E-state index in [1.54, 1.807) is 0 Å². The van der Waals surface area contributed by atoms with Crippen LogP contribution in [0.1, 0.15) is 0 Å². The zero-order chi connectivity index (χ0) is 6.57. The molecular weight excluding hydrogens is 128 g/mol. The van der Waals surface area contributed by atoms with Crippen LogP contribution < -0.4 is 0 Å². The van der Waals surface area contributed by atoms with E-state index in [2.05, 4.69) is 6.58 Å². The third kappa shape index (κ3) is 2.31. The van der Waals surface area contributed by atoms with Crippen molar-refractivity contribution in [2.75, 3.05) is 5.88 Å². The van der Waals surface area contributed by atoms with Gasteiger partial charge in [-0.2, -0.15) is 0 Å². The molecule has 2 atom stereocenters. The van der Waals surface area contributed by atoms with Crippen LogP contribution in [0.5, 0.6) is 0 Å². The van der Waals surface area contributed by atoms with E-state index in [0.717, 1.165) is 0 Å². The highest BCUT2D eigenvalue weighted by Gasteiger charge is 2.09. The number of alkyl halides is 1. The molecule has 0 aliphatic carbocycles. The smallest absolute Gasteiger partial charge is 0.0989 e. The van der Waals surface area contributed by atoms with Crippen LogP contribution >= 0.6 is 11.6 Å². The molecule has 0 aliphatic heterocycles. The maximum atomic E-state index is 8.67. The first-order valence-electron chi connectivity index (χ1n) is 2.27. The van der Waals surface area contributed by atoms with E-state index < -0.39 is 12.2 Å². The maximum Gasteiger partial charge on any atom is 0.0989 e. The van der Waals surface area contributed by atoms with Crippen molar-refractivity contribution in [3.05, 3.63) is 12.7 Å². The van der Waals surface area contributed by atoms with Crippen molar-refractivity contribution in [2.24, 2.45) is 0 Å². The van der Waals surface area contributed by atoms with Gasteiger partial charge in [0.2, 0.25) is 0 Å². The predicted molar refractivity (Wildman–Crippen MR) is 32.9 cm³/mol. The molecule has 0 aliphatic rings. The molecule has 0 radical (unpaired) electrons. The lowest BCUT2D eigenvalue weighted by atomic mass is 10.2. The molecule has 0 spiro atoms. The largest absolute Gasteiger partial charge is 0.389 e. The van der Waals surface area contributed by atoms with Crippen molar-refractivity contribution < 1.29 is 10.2 Å². The van der Waals surface area contributed by atoms with Gasteiger partial charge in [-0.3, -0.25) is 0 Å². The fraction of sp³-hybridized carbons (Fsp3) is 0.600. The standard InChI is InChI=1S/C5H9ClO2/c1-2-4(7)5(8)3-6/h2,4-5,7-8H,1,3H2/t4-,5+/m0/s1. The van der Waals surface area contributed by atoms with Gasteiger partial charge in [0, 0.05) is 0 Å². The molecule has 0 saturated carbocycles. The Morgan fingerprint density at radius 3 is 2.25 bits per heavy atom. The average Bonchev–Trinajstić information content (AvgIpc) is 1.84. The molecule has 48 valence electrons. The molecule has 0 rings (SSSR count). The number of hydrogen-bond donors (Lipinski definition) is 2. The van der Waals surface area contributed by atoms with E-state index in [9.17, 15) is 0 Å². The Bertz CT molecular complexity index is 74.8. The van der Waals surface area contributed by atoms with Gasteiger partial charge in [0.05, 0.1) is 18.1 Å². The van der Waals surface area contributed by atoms with Crippen molar-refractivity contribution in [1.82, 2.24) is 0 Å². The lowest BCUT2D eigenvalue weighted by molar-refractivity contribution is 0.0644. The molecular formula is C5H9ClO2. The Balaban J connectivity index is 3.44. The van der Waals surface area contributed by atoms with Crippen molar-refractivity contribution >= 4 is 11.6 Å². The van der Waals surface area contributed by atoms with E-state index in [1.165, 1.54) is 6.08 Å². The molecule has 0 aromatic carbocycles. The normalized spacial score (nSPS) is 17.4. The fourth-order valence-electron chi connectivity index (χ4n) is 0.248. The van der Waals surface area contributed by atoms with E-state index in [4.69, 9.17) is 21.8 Å². The maximum absolute atomic E-state index is 8.67. The molecule has 8 heavy (non-hydrogen) atoms. The highest BCUT2D eigenvalue weighted by atomic mass is 35.5. The van der Waals surface area contributed by atoms with Crippen LogP contribution in [0.25, 0.3) is 0 Å². The lowest BCUT2D eigenvalue weighted by Crippen LogP contribution is -2.24. The van der Waals surface area contributed by atoms with Crippen LogP contribution in [0.2, 0.25) is 0 Å². The first kappa shape index (κ1) is 7.95. The zero-order valence-electron chi connectivity index (χ0n) is 4.42. The molecule has 0 aromatic rings. The second-order valence-electron chi connectivity index (χ2n) is 1.45. The summed E-state index contributed by atoms with van der Waals surface area (Å²) in [6.45, 7) is 3.26. The van der Waals surface area contributed by atoms with Gasteiger partial charge in [0.15, 0.2) is 0 Å². The van der Waals surface area contributed by atoms with Crippen molar-refractivity contribution in [3.63, 3.8) is 0 Å². The molecule has 0 unspecified atom stereocenters. The summed E-state index contributed by atoms with van der Waals surface area (Å²) in [5.41, 5.74) is 0. The number of aliphatic hydroxyl groups is 2. The van der Waals surface area contributed by atoms with Crippen LogP contribution in [-0.4, -0.2) is 28.3 Å². The SMILES string of the molecule is C=C[C@H](O)[C@H](O)CCl. The van der Waals surface area contributed by atoms with Gasteiger partial charge < -0.3 is 10.2 Å². The third-order valence-corrected chi connectivity index (χ3v) is 1.11. The van der Waals surface area contributed by atoms with E-state index >= 15 is 0 Å². The number of hydrogen-bond acceptors (Lipinski definition) is 2. The van der Waals surface area contributed by atoms with Gasteiger partial charge in [0.25, 0.3) is 0 Å².